The van der Waals surface area contributed by atoms with Crippen LogP contribution in [0.2, 0.25) is 5.02 Å². The summed E-state index contributed by atoms with van der Waals surface area (Å²) < 4.78 is 7.53. The number of amides is 1. The van der Waals surface area contributed by atoms with Crippen molar-refractivity contribution in [1.82, 2.24) is 20.1 Å². The number of nitrogens with one attached hydrogen (secondary N) is 1. The molecule has 0 aliphatic carbocycles. The molecule has 5 rings (SSSR count). The van der Waals surface area contributed by atoms with Crippen LogP contribution < -0.4 is 5.32 Å². The minimum Gasteiger partial charge on any atom is -0.381 e. The van der Waals surface area contributed by atoms with Gasteiger partial charge in [0.15, 0.2) is 5.82 Å². The first-order valence-electron chi connectivity index (χ1n) is 12.2. The first kappa shape index (κ1) is 24.7. The Bertz CT molecular complexity index is 1370. The summed E-state index contributed by atoms with van der Waals surface area (Å²) in [6, 6.07) is 7.19. The lowest BCUT2D eigenvalue weighted by Gasteiger charge is -2.16. The SMILES string of the molecule is CCNC(=O)C[C@@H]1N=C(c2ccc(Cl)cc2)c2c(sc(C#CC3CCOCC3)c2C)-n2c(C)nnc21. The van der Waals surface area contributed by atoms with E-state index in [4.69, 9.17) is 21.3 Å². The van der Waals surface area contributed by atoms with Gasteiger partial charge in [-0.25, -0.2) is 0 Å². The molecule has 0 spiro atoms. The summed E-state index contributed by atoms with van der Waals surface area (Å²) in [4.78, 5) is 18.8. The predicted octanol–water partition coefficient (Wildman–Crippen LogP) is 4.80. The van der Waals surface area contributed by atoms with Gasteiger partial charge in [0.05, 0.1) is 17.0 Å². The Morgan fingerprint density at radius 2 is 1.97 bits per heavy atom. The number of thiophene rings is 1. The maximum atomic E-state index is 12.6. The quantitative estimate of drug-likeness (QED) is 0.500. The third-order valence-electron chi connectivity index (χ3n) is 6.48. The van der Waals surface area contributed by atoms with Crippen molar-refractivity contribution >= 4 is 34.6 Å². The van der Waals surface area contributed by atoms with E-state index in [1.807, 2.05) is 42.7 Å². The standard InChI is InChI=1S/C27H28ClN5O2S/c1-4-29-23(34)15-21-26-32-31-17(3)33(26)27-24(25(30-21)19-6-8-20(28)9-7-19)16(2)22(36-27)10-5-18-11-13-35-14-12-18/h6-9,18,21H,4,11-15H2,1-3H3,(H,29,34)/t21-/m0/s1. The van der Waals surface area contributed by atoms with Gasteiger partial charge in [-0.3, -0.25) is 14.4 Å². The maximum Gasteiger partial charge on any atom is 0.222 e. The zero-order valence-corrected chi connectivity index (χ0v) is 22.2. The number of fused-ring (bicyclic) bond motifs is 3. The summed E-state index contributed by atoms with van der Waals surface area (Å²) in [7, 11) is 0. The van der Waals surface area contributed by atoms with Crippen molar-refractivity contribution in [2.24, 2.45) is 10.9 Å². The normalized spacial score (nSPS) is 17.3. The molecule has 1 saturated heterocycles. The van der Waals surface area contributed by atoms with E-state index in [0.29, 0.717) is 23.3 Å². The number of ether oxygens (including phenoxy) is 1. The Labute approximate surface area is 219 Å². The van der Waals surface area contributed by atoms with Crippen molar-refractivity contribution in [3.05, 3.63) is 62.5 Å². The molecule has 0 unspecified atom stereocenters. The smallest absolute Gasteiger partial charge is 0.222 e. The van der Waals surface area contributed by atoms with Crippen LogP contribution in [-0.2, 0) is 9.53 Å². The second-order valence-corrected chi connectivity index (χ2v) is 10.4. The van der Waals surface area contributed by atoms with E-state index < -0.39 is 6.04 Å². The van der Waals surface area contributed by atoms with Gasteiger partial charge in [-0.05, 0) is 51.3 Å². The molecule has 1 atom stereocenters. The molecule has 1 fully saturated rings. The zero-order valence-electron chi connectivity index (χ0n) is 20.6. The highest BCUT2D eigenvalue weighted by Gasteiger charge is 2.32. The highest BCUT2D eigenvalue weighted by molar-refractivity contribution is 7.15. The van der Waals surface area contributed by atoms with Gasteiger partial charge in [-0.2, -0.15) is 0 Å². The van der Waals surface area contributed by atoms with Crippen LogP contribution in [0.3, 0.4) is 0 Å². The number of halogens is 1. The Hall–Kier alpha value is -2.99. The third-order valence-corrected chi connectivity index (χ3v) is 7.93. The van der Waals surface area contributed by atoms with Crippen molar-refractivity contribution in [2.45, 2.75) is 46.1 Å². The first-order chi connectivity index (χ1) is 17.5. The largest absolute Gasteiger partial charge is 0.381 e. The van der Waals surface area contributed by atoms with Crippen LogP contribution in [0, 0.1) is 31.6 Å². The van der Waals surface area contributed by atoms with E-state index in [2.05, 4.69) is 34.3 Å². The molecule has 2 aliphatic heterocycles. The molecular weight excluding hydrogens is 494 g/mol. The lowest BCUT2D eigenvalue weighted by molar-refractivity contribution is -0.121. The molecule has 7 nitrogen and oxygen atoms in total. The monoisotopic (exact) mass is 521 g/mol. The van der Waals surface area contributed by atoms with Gasteiger partial charge >= 0.3 is 0 Å². The van der Waals surface area contributed by atoms with Gasteiger partial charge in [0.2, 0.25) is 5.91 Å². The molecule has 186 valence electrons. The number of aliphatic imine (C=N–C) groups is 1. The van der Waals surface area contributed by atoms with Crippen LogP contribution in [0.5, 0.6) is 0 Å². The lowest BCUT2D eigenvalue weighted by atomic mass is 9.98. The molecule has 2 aromatic heterocycles. The fourth-order valence-corrected chi connectivity index (χ4v) is 5.95. The molecule has 0 radical (unpaired) electrons. The summed E-state index contributed by atoms with van der Waals surface area (Å²) in [5, 5.41) is 13.4. The minimum atomic E-state index is -0.473. The lowest BCUT2D eigenvalue weighted by Crippen LogP contribution is -2.25. The first-order valence-corrected chi connectivity index (χ1v) is 13.4. The van der Waals surface area contributed by atoms with Crippen molar-refractivity contribution in [3.8, 4) is 16.8 Å². The summed E-state index contributed by atoms with van der Waals surface area (Å²) in [5.74, 6) is 8.63. The predicted molar refractivity (Wildman–Crippen MR) is 142 cm³/mol. The number of rotatable bonds is 4. The molecule has 2 aliphatic rings. The van der Waals surface area contributed by atoms with Crippen molar-refractivity contribution in [1.29, 1.82) is 0 Å². The molecule has 1 aromatic carbocycles. The van der Waals surface area contributed by atoms with E-state index in [0.717, 1.165) is 64.2 Å². The highest BCUT2D eigenvalue weighted by Crippen LogP contribution is 2.39. The number of aromatic nitrogens is 3. The number of hydrogen-bond donors (Lipinski definition) is 1. The number of benzene rings is 1. The number of hydrogen-bond acceptors (Lipinski definition) is 6. The third kappa shape index (κ3) is 4.83. The average Bonchev–Trinajstić information content (AvgIpc) is 3.37. The van der Waals surface area contributed by atoms with Gasteiger partial charge in [-0.1, -0.05) is 35.6 Å². The molecule has 0 saturated carbocycles. The van der Waals surface area contributed by atoms with E-state index in [1.165, 1.54) is 0 Å². The molecule has 3 aromatic rings. The fourth-order valence-electron chi connectivity index (χ4n) is 4.60. The average molecular weight is 522 g/mol. The second kappa shape index (κ2) is 10.6. The van der Waals surface area contributed by atoms with E-state index in [1.54, 1.807) is 11.3 Å². The second-order valence-electron chi connectivity index (χ2n) is 8.99. The number of carbonyl (C=O) groups excluding carboxylic acids is 1. The Morgan fingerprint density at radius 1 is 1.22 bits per heavy atom. The molecule has 4 heterocycles. The summed E-state index contributed by atoms with van der Waals surface area (Å²) in [6.07, 6.45) is 2.11. The highest BCUT2D eigenvalue weighted by atomic mass is 35.5. The molecular formula is C27H28ClN5O2S. The van der Waals surface area contributed by atoms with E-state index in [9.17, 15) is 4.79 Å². The summed E-state index contributed by atoms with van der Waals surface area (Å²) in [6.45, 7) is 8.03. The summed E-state index contributed by atoms with van der Waals surface area (Å²) >= 11 is 7.83. The van der Waals surface area contributed by atoms with Crippen LogP contribution in [-0.4, -0.2) is 46.1 Å². The van der Waals surface area contributed by atoms with Crippen molar-refractivity contribution in [2.75, 3.05) is 19.8 Å². The van der Waals surface area contributed by atoms with Crippen molar-refractivity contribution in [3.63, 3.8) is 0 Å². The number of nitrogens with zero attached hydrogens (tertiary/aromatic N) is 4. The van der Waals surface area contributed by atoms with Crippen LogP contribution in [0.25, 0.3) is 5.00 Å². The van der Waals surface area contributed by atoms with Crippen LogP contribution in [0.1, 0.15) is 65.4 Å². The van der Waals surface area contributed by atoms with Crippen LogP contribution >= 0.6 is 22.9 Å². The van der Waals surface area contributed by atoms with Crippen LogP contribution in [0.4, 0.5) is 0 Å². The maximum absolute atomic E-state index is 12.6. The van der Waals surface area contributed by atoms with Gasteiger partial charge in [0.25, 0.3) is 0 Å². The van der Waals surface area contributed by atoms with E-state index >= 15 is 0 Å². The Kier molecular flexibility index (Phi) is 7.24. The number of aryl methyl sites for hydroxylation is 1. The minimum absolute atomic E-state index is 0.0705. The molecule has 1 amide bonds. The Morgan fingerprint density at radius 3 is 2.69 bits per heavy atom. The molecule has 9 heteroatoms. The topological polar surface area (TPSA) is 81.4 Å². The van der Waals surface area contributed by atoms with Crippen LogP contribution in [0.15, 0.2) is 29.3 Å². The fraction of sp³-hybridized carbons (Fsp3) is 0.407. The number of carbonyl (C=O) groups is 1. The zero-order chi connectivity index (χ0) is 25.2. The van der Waals surface area contributed by atoms with Gasteiger partial charge in [0.1, 0.15) is 16.9 Å². The molecule has 36 heavy (non-hydrogen) atoms. The molecule has 0 bridgehead atoms. The molecule has 1 N–H and O–H groups in total. The summed E-state index contributed by atoms with van der Waals surface area (Å²) in [5.41, 5.74) is 3.82. The van der Waals surface area contributed by atoms with Gasteiger partial charge < -0.3 is 10.1 Å². The van der Waals surface area contributed by atoms with E-state index in [-0.39, 0.29) is 12.3 Å². The van der Waals surface area contributed by atoms with Gasteiger partial charge in [-0.15, -0.1) is 21.5 Å². The van der Waals surface area contributed by atoms with Crippen molar-refractivity contribution < 1.29 is 9.53 Å². The van der Waals surface area contributed by atoms with Gasteiger partial charge in [0, 0.05) is 41.8 Å². The Balaban J connectivity index is 1.68.